The van der Waals surface area contributed by atoms with Crippen LogP contribution in [-0.2, 0) is 11.2 Å². The molecule has 2 bridgehead atoms. The normalized spacial score (nSPS) is 24.7. The quantitative estimate of drug-likeness (QED) is 0.824. The predicted molar refractivity (Wildman–Crippen MR) is 115 cm³/mol. The number of fused-ring (bicyclic) bond motifs is 6. The monoisotopic (exact) mass is 405 g/mol. The van der Waals surface area contributed by atoms with Gasteiger partial charge in [0.2, 0.25) is 5.91 Å². The lowest BCUT2D eigenvalue weighted by atomic mass is 9.78. The molecule has 0 saturated carbocycles. The van der Waals surface area contributed by atoms with Crippen molar-refractivity contribution in [1.82, 2.24) is 9.80 Å². The molecule has 2 aromatic carbocycles. The minimum Gasteiger partial charge on any atom is -0.496 e. The van der Waals surface area contributed by atoms with Crippen LogP contribution in [0.15, 0.2) is 42.5 Å². The van der Waals surface area contributed by atoms with E-state index in [0.29, 0.717) is 6.54 Å². The molecule has 3 amide bonds. The molecule has 30 heavy (non-hydrogen) atoms. The van der Waals surface area contributed by atoms with E-state index in [2.05, 4.69) is 11.4 Å². The molecule has 0 spiro atoms. The Morgan fingerprint density at radius 1 is 1.17 bits per heavy atom. The molecular weight excluding hydrogens is 378 g/mol. The summed E-state index contributed by atoms with van der Waals surface area (Å²) in [5.41, 5.74) is 4.13. The number of hydrogen-bond donors (Lipinski definition) is 1. The second kappa shape index (κ2) is 7.35. The molecule has 0 aromatic heterocycles. The van der Waals surface area contributed by atoms with Crippen LogP contribution in [0.2, 0.25) is 0 Å². The van der Waals surface area contributed by atoms with E-state index in [9.17, 15) is 9.59 Å². The second-order valence-corrected chi connectivity index (χ2v) is 8.48. The fourth-order valence-corrected chi connectivity index (χ4v) is 5.50. The summed E-state index contributed by atoms with van der Waals surface area (Å²) in [7, 11) is 1.69. The zero-order valence-corrected chi connectivity index (χ0v) is 17.4. The molecule has 2 fully saturated rings. The summed E-state index contributed by atoms with van der Waals surface area (Å²) in [4.78, 5) is 30.6. The average molecular weight is 405 g/mol. The van der Waals surface area contributed by atoms with Crippen LogP contribution < -0.4 is 10.1 Å². The van der Waals surface area contributed by atoms with E-state index in [4.69, 9.17) is 4.74 Å². The molecule has 0 aliphatic carbocycles. The zero-order valence-electron chi connectivity index (χ0n) is 17.4. The number of aryl methyl sites for hydroxylation is 1. The van der Waals surface area contributed by atoms with Crippen LogP contribution >= 0.6 is 0 Å². The molecule has 1 N–H and O–H groups in total. The van der Waals surface area contributed by atoms with Crippen molar-refractivity contribution in [3.63, 3.8) is 0 Å². The number of benzene rings is 2. The van der Waals surface area contributed by atoms with Gasteiger partial charge in [0.1, 0.15) is 11.8 Å². The maximum atomic E-state index is 13.4. The molecule has 3 heterocycles. The fraction of sp³-hybridized carbons (Fsp3) is 0.417. The van der Waals surface area contributed by atoms with Crippen LogP contribution in [0, 0.1) is 6.92 Å². The van der Waals surface area contributed by atoms with E-state index in [1.165, 1.54) is 0 Å². The first kappa shape index (κ1) is 19.0. The number of carbonyl (C=O) groups excluding carboxylic acids is 2. The number of piperazine rings is 1. The third-order valence-corrected chi connectivity index (χ3v) is 6.75. The van der Waals surface area contributed by atoms with Gasteiger partial charge in [-0.05, 0) is 61.9 Å². The first-order chi connectivity index (χ1) is 14.6. The van der Waals surface area contributed by atoms with E-state index < -0.39 is 0 Å². The summed E-state index contributed by atoms with van der Waals surface area (Å²) in [6, 6.07) is 13.1. The van der Waals surface area contributed by atoms with Crippen LogP contribution in [0.5, 0.6) is 5.75 Å². The third kappa shape index (κ3) is 2.93. The molecule has 3 atom stereocenters. The Kier molecular flexibility index (Phi) is 4.65. The number of anilines is 1. The molecule has 2 aromatic rings. The van der Waals surface area contributed by atoms with Gasteiger partial charge in [0.05, 0.1) is 19.2 Å². The maximum absolute atomic E-state index is 13.4. The number of carbonyl (C=O) groups is 2. The standard InChI is InChI=1S/C24H27N3O3/c1-15-6-3-7-16(14-15)25-24(29)27-19-9-5-10-20(27)23(28)26-13-12-17-18(22(19)26)8-4-11-21(17)30-2/h3-4,6-8,11,14,19-20,22H,5,9-10,12-13H2,1-2H3,(H,25,29). The van der Waals surface area contributed by atoms with Crippen LogP contribution in [0.1, 0.15) is 42.0 Å². The topological polar surface area (TPSA) is 61.9 Å². The van der Waals surface area contributed by atoms with Crippen LogP contribution in [0.4, 0.5) is 10.5 Å². The van der Waals surface area contributed by atoms with E-state index in [0.717, 1.165) is 53.8 Å². The number of hydrogen-bond acceptors (Lipinski definition) is 3. The van der Waals surface area contributed by atoms with Crippen molar-refractivity contribution in [3.05, 3.63) is 59.2 Å². The van der Waals surface area contributed by atoms with Gasteiger partial charge in [0, 0.05) is 17.8 Å². The van der Waals surface area contributed by atoms with Crippen molar-refractivity contribution in [3.8, 4) is 5.75 Å². The predicted octanol–water partition coefficient (Wildman–Crippen LogP) is 3.90. The summed E-state index contributed by atoms with van der Waals surface area (Å²) in [6.07, 6.45) is 3.36. The Balaban J connectivity index is 1.52. The SMILES string of the molecule is COc1cccc2c1CCN1C(=O)C3CCCC(C21)N3C(=O)Nc1cccc(C)c1. The third-order valence-electron chi connectivity index (χ3n) is 6.75. The Bertz CT molecular complexity index is 1000. The first-order valence-electron chi connectivity index (χ1n) is 10.7. The highest BCUT2D eigenvalue weighted by Gasteiger charge is 2.52. The van der Waals surface area contributed by atoms with Crippen molar-refractivity contribution in [2.24, 2.45) is 0 Å². The Morgan fingerprint density at radius 3 is 2.80 bits per heavy atom. The summed E-state index contributed by atoms with van der Waals surface area (Å²) >= 11 is 0. The molecule has 156 valence electrons. The van der Waals surface area contributed by atoms with Crippen molar-refractivity contribution < 1.29 is 14.3 Å². The smallest absolute Gasteiger partial charge is 0.322 e. The molecule has 3 aliphatic rings. The molecule has 0 radical (unpaired) electrons. The number of piperidine rings is 1. The van der Waals surface area contributed by atoms with E-state index >= 15 is 0 Å². The molecular formula is C24H27N3O3. The van der Waals surface area contributed by atoms with Gasteiger partial charge in [-0.15, -0.1) is 0 Å². The second-order valence-electron chi connectivity index (χ2n) is 8.48. The average Bonchev–Trinajstić information content (AvgIpc) is 2.76. The van der Waals surface area contributed by atoms with Gasteiger partial charge < -0.3 is 19.9 Å². The number of ether oxygens (including phenoxy) is 1. The van der Waals surface area contributed by atoms with Gasteiger partial charge >= 0.3 is 6.03 Å². The summed E-state index contributed by atoms with van der Waals surface area (Å²) < 4.78 is 5.59. The van der Waals surface area contributed by atoms with Crippen molar-refractivity contribution in [2.75, 3.05) is 19.0 Å². The minimum atomic E-state index is -0.378. The Hall–Kier alpha value is -3.02. The highest BCUT2D eigenvalue weighted by Crippen LogP contribution is 2.46. The van der Waals surface area contributed by atoms with Crippen LogP contribution in [0.3, 0.4) is 0 Å². The Labute approximate surface area is 176 Å². The van der Waals surface area contributed by atoms with Crippen molar-refractivity contribution >= 4 is 17.6 Å². The van der Waals surface area contributed by atoms with Gasteiger partial charge in [-0.3, -0.25) is 4.79 Å². The lowest BCUT2D eigenvalue weighted by molar-refractivity contribution is -0.152. The van der Waals surface area contributed by atoms with Crippen LogP contribution in [-0.4, -0.2) is 47.5 Å². The molecule has 5 rings (SSSR count). The van der Waals surface area contributed by atoms with Gasteiger partial charge in [-0.2, -0.15) is 0 Å². The number of methoxy groups -OCH3 is 1. The molecule has 6 heteroatoms. The molecule has 2 saturated heterocycles. The lowest BCUT2D eigenvalue weighted by Crippen LogP contribution is -2.67. The molecule has 6 nitrogen and oxygen atoms in total. The lowest BCUT2D eigenvalue weighted by Gasteiger charge is -2.55. The van der Waals surface area contributed by atoms with Gasteiger partial charge in [0.25, 0.3) is 0 Å². The van der Waals surface area contributed by atoms with Gasteiger partial charge in [0.15, 0.2) is 0 Å². The Morgan fingerprint density at radius 2 is 2.00 bits per heavy atom. The number of amides is 3. The zero-order chi connectivity index (χ0) is 20.8. The van der Waals surface area contributed by atoms with E-state index in [1.807, 2.05) is 53.1 Å². The molecule has 3 unspecified atom stereocenters. The number of nitrogens with zero attached hydrogens (tertiary/aromatic N) is 2. The first-order valence-corrected chi connectivity index (χ1v) is 10.7. The summed E-state index contributed by atoms with van der Waals surface area (Å²) in [5, 5.41) is 3.04. The summed E-state index contributed by atoms with van der Waals surface area (Å²) in [5.74, 6) is 0.942. The van der Waals surface area contributed by atoms with Crippen LogP contribution in [0.25, 0.3) is 0 Å². The molecule has 3 aliphatic heterocycles. The minimum absolute atomic E-state index is 0.0302. The van der Waals surface area contributed by atoms with Gasteiger partial charge in [-0.25, -0.2) is 4.79 Å². The fourth-order valence-electron chi connectivity index (χ4n) is 5.50. The van der Waals surface area contributed by atoms with E-state index in [1.54, 1.807) is 7.11 Å². The largest absolute Gasteiger partial charge is 0.496 e. The maximum Gasteiger partial charge on any atom is 0.322 e. The number of urea groups is 1. The van der Waals surface area contributed by atoms with Gasteiger partial charge in [-0.1, -0.05) is 24.3 Å². The summed E-state index contributed by atoms with van der Waals surface area (Å²) in [6.45, 7) is 2.68. The van der Waals surface area contributed by atoms with Crippen molar-refractivity contribution in [2.45, 2.75) is 50.7 Å². The number of nitrogens with one attached hydrogen (secondary N) is 1. The van der Waals surface area contributed by atoms with Crippen molar-refractivity contribution in [1.29, 1.82) is 0 Å². The number of rotatable bonds is 2. The highest BCUT2D eigenvalue weighted by molar-refractivity contribution is 5.95. The van der Waals surface area contributed by atoms with E-state index in [-0.39, 0.29) is 30.1 Å². The highest BCUT2D eigenvalue weighted by atomic mass is 16.5.